The summed E-state index contributed by atoms with van der Waals surface area (Å²) in [6.45, 7) is 1.60. The highest BCUT2D eigenvalue weighted by molar-refractivity contribution is 7.99. The lowest BCUT2D eigenvalue weighted by atomic mass is 9.95. The Morgan fingerprint density at radius 3 is 2.79 bits per heavy atom. The van der Waals surface area contributed by atoms with Crippen LogP contribution >= 0.6 is 11.8 Å². The fourth-order valence-electron chi connectivity index (χ4n) is 1.48. The van der Waals surface area contributed by atoms with Gasteiger partial charge in [-0.25, -0.2) is 8.78 Å². The largest absolute Gasteiger partial charge is 0.336 e. The SMILES string of the molecule is CSCC(=O)N1CCC(C)C(F)(F)C1. The Balaban J connectivity index is 2.55. The molecule has 5 heteroatoms. The Morgan fingerprint density at radius 1 is 1.64 bits per heavy atom. The second-order valence-electron chi connectivity index (χ2n) is 3.70. The molecule has 1 aliphatic rings. The lowest BCUT2D eigenvalue weighted by Gasteiger charge is -2.36. The number of carbonyl (C=O) groups is 1. The van der Waals surface area contributed by atoms with E-state index in [4.69, 9.17) is 0 Å². The number of rotatable bonds is 2. The molecule has 0 saturated carbocycles. The van der Waals surface area contributed by atoms with Crippen LogP contribution in [-0.4, -0.2) is 41.8 Å². The molecule has 0 aromatic carbocycles. The van der Waals surface area contributed by atoms with Crippen LogP contribution in [0.15, 0.2) is 0 Å². The molecule has 1 atom stereocenters. The van der Waals surface area contributed by atoms with Crippen molar-refractivity contribution >= 4 is 17.7 Å². The van der Waals surface area contributed by atoms with E-state index in [9.17, 15) is 13.6 Å². The van der Waals surface area contributed by atoms with E-state index in [0.29, 0.717) is 18.7 Å². The molecule has 1 fully saturated rings. The predicted octanol–water partition coefficient (Wildman–Crippen LogP) is 1.85. The molecular weight excluding hydrogens is 208 g/mol. The number of alkyl halides is 2. The number of hydrogen-bond acceptors (Lipinski definition) is 2. The Morgan fingerprint density at radius 2 is 2.29 bits per heavy atom. The van der Waals surface area contributed by atoms with Crippen LogP contribution in [0.1, 0.15) is 13.3 Å². The van der Waals surface area contributed by atoms with Crippen molar-refractivity contribution in [1.82, 2.24) is 4.90 Å². The second-order valence-corrected chi connectivity index (χ2v) is 4.57. The van der Waals surface area contributed by atoms with E-state index in [-0.39, 0.29) is 5.91 Å². The minimum absolute atomic E-state index is 0.177. The molecule has 82 valence electrons. The van der Waals surface area contributed by atoms with Gasteiger partial charge in [-0.15, -0.1) is 0 Å². The minimum atomic E-state index is -2.72. The molecule has 0 radical (unpaired) electrons. The Hall–Kier alpha value is -0.320. The van der Waals surface area contributed by atoms with Gasteiger partial charge >= 0.3 is 0 Å². The van der Waals surface area contributed by atoms with Gasteiger partial charge in [-0.3, -0.25) is 4.79 Å². The highest BCUT2D eigenvalue weighted by Crippen LogP contribution is 2.32. The number of piperidine rings is 1. The second kappa shape index (κ2) is 4.47. The van der Waals surface area contributed by atoms with Crippen molar-refractivity contribution in [3.8, 4) is 0 Å². The van der Waals surface area contributed by atoms with Gasteiger partial charge in [0.1, 0.15) is 0 Å². The molecule has 1 saturated heterocycles. The van der Waals surface area contributed by atoms with Gasteiger partial charge in [-0.05, 0) is 12.7 Å². The van der Waals surface area contributed by atoms with Crippen molar-refractivity contribution < 1.29 is 13.6 Å². The van der Waals surface area contributed by atoms with Crippen LogP contribution < -0.4 is 0 Å². The number of halogens is 2. The maximum absolute atomic E-state index is 13.2. The van der Waals surface area contributed by atoms with Gasteiger partial charge in [-0.1, -0.05) is 6.92 Å². The number of thioether (sulfide) groups is 1. The van der Waals surface area contributed by atoms with Crippen LogP contribution in [0, 0.1) is 5.92 Å². The molecule has 1 aliphatic heterocycles. The predicted molar refractivity (Wildman–Crippen MR) is 53.7 cm³/mol. The van der Waals surface area contributed by atoms with E-state index in [1.165, 1.54) is 23.6 Å². The average molecular weight is 223 g/mol. The van der Waals surface area contributed by atoms with Crippen molar-refractivity contribution in [3.63, 3.8) is 0 Å². The molecule has 0 spiro atoms. The maximum atomic E-state index is 13.2. The van der Waals surface area contributed by atoms with E-state index in [0.717, 1.165) is 0 Å². The van der Waals surface area contributed by atoms with E-state index in [1.54, 1.807) is 6.26 Å². The Kier molecular flexibility index (Phi) is 3.75. The zero-order valence-electron chi connectivity index (χ0n) is 8.43. The van der Waals surface area contributed by atoms with E-state index in [1.807, 2.05) is 0 Å². The number of nitrogens with zero attached hydrogens (tertiary/aromatic N) is 1. The zero-order chi connectivity index (χ0) is 10.8. The van der Waals surface area contributed by atoms with Crippen LogP contribution in [-0.2, 0) is 4.79 Å². The Labute approximate surface area is 87.0 Å². The summed E-state index contributed by atoms with van der Waals surface area (Å²) in [7, 11) is 0. The van der Waals surface area contributed by atoms with Crippen molar-refractivity contribution in [1.29, 1.82) is 0 Å². The summed E-state index contributed by atoms with van der Waals surface area (Å²) >= 11 is 1.37. The number of carbonyl (C=O) groups excluding carboxylic acids is 1. The smallest absolute Gasteiger partial charge is 0.267 e. The highest BCUT2D eigenvalue weighted by atomic mass is 32.2. The maximum Gasteiger partial charge on any atom is 0.267 e. The molecule has 2 nitrogen and oxygen atoms in total. The highest BCUT2D eigenvalue weighted by Gasteiger charge is 2.42. The molecule has 0 N–H and O–H groups in total. The molecule has 0 bridgehead atoms. The number of amides is 1. The molecule has 1 rings (SSSR count). The summed E-state index contributed by atoms with van der Waals surface area (Å²) < 4.78 is 26.5. The fraction of sp³-hybridized carbons (Fsp3) is 0.889. The molecule has 0 aliphatic carbocycles. The van der Waals surface area contributed by atoms with E-state index in [2.05, 4.69) is 0 Å². The summed E-state index contributed by atoms with van der Waals surface area (Å²) in [5, 5.41) is 0. The first-order chi connectivity index (χ1) is 6.47. The van der Waals surface area contributed by atoms with Gasteiger partial charge in [0.05, 0.1) is 12.3 Å². The van der Waals surface area contributed by atoms with Gasteiger partial charge in [0.15, 0.2) is 0 Å². The van der Waals surface area contributed by atoms with Gasteiger partial charge in [0, 0.05) is 12.5 Å². The Bertz CT molecular complexity index is 223. The molecule has 1 amide bonds. The molecule has 1 unspecified atom stereocenters. The first-order valence-corrected chi connectivity index (χ1v) is 6.01. The van der Waals surface area contributed by atoms with Crippen molar-refractivity contribution in [2.45, 2.75) is 19.3 Å². The first kappa shape index (κ1) is 11.8. The zero-order valence-corrected chi connectivity index (χ0v) is 9.24. The number of hydrogen-bond donors (Lipinski definition) is 0. The van der Waals surface area contributed by atoms with Crippen LogP contribution in [0.3, 0.4) is 0 Å². The molecule has 0 aromatic heterocycles. The lowest BCUT2D eigenvalue weighted by molar-refractivity contribution is -0.146. The van der Waals surface area contributed by atoms with E-state index < -0.39 is 18.4 Å². The van der Waals surface area contributed by atoms with Crippen LogP contribution in [0.5, 0.6) is 0 Å². The van der Waals surface area contributed by atoms with E-state index >= 15 is 0 Å². The quantitative estimate of drug-likeness (QED) is 0.712. The standard InChI is InChI=1S/C9H15F2NOS/c1-7-3-4-12(6-9(7,10)11)8(13)5-14-2/h7H,3-6H2,1-2H3. The van der Waals surface area contributed by atoms with Crippen LogP contribution in [0.4, 0.5) is 8.78 Å². The topological polar surface area (TPSA) is 20.3 Å². The summed E-state index contributed by atoms with van der Waals surface area (Å²) in [5.41, 5.74) is 0. The first-order valence-electron chi connectivity index (χ1n) is 4.62. The van der Waals surface area contributed by atoms with Crippen molar-refractivity contribution in [2.75, 3.05) is 25.1 Å². The summed E-state index contributed by atoms with van der Waals surface area (Å²) in [4.78, 5) is 12.6. The number of likely N-dealkylation sites (tertiary alicyclic amines) is 1. The summed E-state index contributed by atoms with van der Waals surface area (Å²) in [5.74, 6) is -3.21. The van der Waals surface area contributed by atoms with Gasteiger partial charge in [-0.2, -0.15) is 11.8 Å². The van der Waals surface area contributed by atoms with Crippen molar-refractivity contribution in [2.24, 2.45) is 5.92 Å². The van der Waals surface area contributed by atoms with Crippen molar-refractivity contribution in [3.05, 3.63) is 0 Å². The van der Waals surface area contributed by atoms with Gasteiger partial charge in [0.25, 0.3) is 5.92 Å². The minimum Gasteiger partial charge on any atom is -0.336 e. The molecule has 14 heavy (non-hydrogen) atoms. The summed E-state index contributed by atoms with van der Waals surface area (Å²) in [6, 6.07) is 0. The lowest BCUT2D eigenvalue weighted by Crippen LogP contribution is -2.50. The molecular formula is C9H15F2NOS. The summed E-state index contributed by atoms with van der Waals surface area (Å²) in [6.07, 6.45) is 2.19. The fourth-order valence-corrected chi connectivity index (χ4v) is 1.91. The van der Waals surface area contributed by atoms with Gasteiger partial charge < -0.3 is 4.90 Å². The van der Waals surface area contributed by atoms with Gasteiger partial charge in [0.2, 0.25) is 5.91 Å². The van der Waals surface area contributed by atoms with Crippen LogP contribution in [0.25, 0.3) is 0 Å². The monoisotopic (exact) mass is 223 g/mol. The normalized spacial score (nSPS) is 26.3. The third kappa shape index (κ3) is 2.59. The third-order valence-corrected chi connectivity index (χ3v) is 3.11. The average Bonchev–Trinajstić information content (AvgIpc) is 2.10. The van der Waals surface area contributed by atoms with Crippen LogP contribution in [0.2, 0.25) is 0 Å². The molecule has 1 heterocycles. The third-order valence-electron chi connectivity index (χ3n) is 2.58. The molecule has 0 aromatic rings.